The first-order valence-corrected chi connectivity index (χ1v) is 6.69. The van der Waals surface area contributed by atoms with E-state index in [1.807, 2.05) is 30.3 Å². The summed E-state index contributed by atoms with van der Waals surface area (Å²) in [7, 11) is 0. The normalized spacial score (nSPS) is 12.8. The Labute approximate surface area is 114 Å². The molecule has 102 valence electrons. The maximum atomic E-state index is 9.84. The highest BCUT2D eigenvalue weighted by Gasteiger charge is 2.07. The molecule has 0 aliphatic rings. The van der Waals surface area contributed by atoms with Gasteiger partial charge in [0.2, 0.25) is 0 Å². The van der Waals surface area contributed by atoms with Gasteiger partial charge in [0.05, 0.1) is 0 Å². The lowest BCUT2D eigenvalue weighted by Gasteiger charge is -2.15. The van der Waals surface area contributed by atoms with E-state index in [-0.39, 0.29) is 0 Å². The molecule has 3 heteroatoms. The van der Waals surface area contributed by atoms with E-state index in [1.165, 1.54) is 0 Å². The molecule has 0 aromatic heterocycles. The summed E-state index contributed by atoms with van der Waals surface area (Å²) < 4.78 is 5.72. The molecule has 0 spiro atoms. The molecule has 0 heterocycles. The average Bonchev–Trinajstić information content (AvgIpc) is 2.42. The first-order chi connectivity index (χ1) is 9.16. The zero-order valence-electron chi connectivity index (χ0n) is 11.5. The van der Waals surface area contributed by atoms with Crippen LogP contribution in [-0.4, -0.2) is 30.4 Å². The SMILES string of the molecule is C[11CH](C)NCC(O)COc1cccc2ccccc12. The molecule has 0 aliphatic heterocycles. The number of hydrogen-bond acceptors (Lipinski definition) is 3. The van der Waals surface area contributed by atoms with Crippen LogP contribution in [0.3, 0.4) is 0 Å². The van der Waals surface area contributed by atoms with Gasteiger partial charge in [-0.2, -0.15) is 0 Å². The minimum absolute atomic E-state index is 0.299. The van der Waals surface area contributed by atoms with Crippen LogP contribution in [0.4, 0.5) is 0 Å². The summed E-state index contributed by atoms with van der Waals surface area (Å²) >= 11 is 0. The molecule has 2 aromatic carbocycles. The standard InChI is InChI=1S/C16H21NO2/c1-12(2)17-10-14(18)11-19-16-9-5-7-13-6-3-4-8-15(13)16/h3-9,12,14,17-18H,10-11H2,1-2H3/i12-1. The molecule has 2 N–H and O–H groups in total. The van der Waals surface area contributed by atoms with Crippen LogP contribution in [0.25, 0.3) is 10.8 Å². The fourth-order valence-electron chi connectivity index (χ4n) is 1.94. The van der Waals surface area contributed by atoms with Crippen molar-refractivity contribution >= 4 is 10.8 Å². The van der Waals surface area contributed by atoms with Crippen LogP contribution in [0, 0.1) is 0 Å². The lowest BCUT2D eigenvalue weighted by Crippen LogP contribution is -2.35. The van der Waals surface area contributed by atoms with Gasteiger partial charge in [-0.1, -0.05) is 50.2 Å². The van der Waals surface area contributed by atoms with Gasteiger partial charge in [0.15, 0.2) is 0 Å². The van der Waals surface area contributed by atoms with Gasteiger partial charge >= 0.3 is 0 Å². The molecule has 0 bridgehead atoms. The van der Waals surface area contributed by atoms with Gasteiger partial charge in [0.1, 0.15) is 18.5 Å². The Bertz CT molecular complexity index is 520. The second-order valence-corrected chi connectivity index (χ2v) is 5.01. The third kappa shape index (κ3) is 3.94. The molecule has 1 atom stereocenters. The number of aliphatic hydroxyl groups is 1. The second kappa shape index (κ2) is 6.55. The Morgan fingerprint density at radius 1 is 1.11 bits per heavy atom. The first kappa shape index (κ1) is 13.8. The highest BCUT2D eigenvalue weighted by atomic mass is 16.5. The molecule has 1 unspecified atom stereocenters. The van der Waals surface area contributed by atoms with Crippen LogP contribution in [0.5, 0.6) is 5.75 Å². The molecule has 0 aliphatic carbocycles. The van der Waals surface area contributed by atoms with E-state index < -0.39 is 6.10 Å². The van der Waals surface area contributed by atoms with Gasteiger partial charge in [-0.25, -0.2) is 0 Å². The van der Waals surface area contributed by atoms with Gasteiger partial charge in [-0.15, -0.1) is 0 Å². The van der Waals surface area contributed by atoms with E-state index >= 15 is 0 Å². The highest BCUT2D eigenvalue weighted by molar-refractivity contribution is 5.88. The van der Waals surface area contributed by atoms with Crippen LogP contribution in [0.1, 0.15) is 13.8 Å². The minimum Gasteiger partial charge on any atom is -0.490 e. The van der Waals surface area contributed by atoms with Crippen molar-refractivity contribution < 1.29 is 9.84 Å². The van der Waals surface area contributed by atoms with Gasteiger partial charge in [0.25, 0.3) is 0 Å². The summed E-state index contributed by atoms with van der Waals surface area (Å²) in [5.41, 5.74) is 0. The summed E-state index contributed by atoms with van der Waals surface area (Å²) in [5.74, 6) is 0.821. The van der Waals surface area contributed by atoms with Crippen molar-refractivity contribution in [1.82, 2.24) is 5.32 Å². The van der Waals surface area contributed by atoms with Crippen molar-refractivity contribution in [3.8, 4) is 5.75 Å². The monoisotopic (exact) mass is 258 g/mol. The van der Waals surface area contributed by atoms with E-state index in [0.29, 0.717) is 19.2 Å². The van der Waals surface area contributed by atoms with Crippen LogP contribution in [0.2, 0.25) is 0 Å². The molecule has 3 nitrogen and oxygen atoms in total. The third-order valence-electron chi connectivity index (χ3n) is 2.94. The smallest absolute Gasteiger partial charge is 0.127 e. The van der Waals surface area contributed by atoms with Gasteiger partial charge in [-0.3, -0.25) is 0 Å². The Balaban J connectivity index is 1.98. The van der Waals surface area contributed by atoms with E-state index in [9.17, 15) is 5.11 Å². The zero-order chi connectivity index (χ0) is 13.7. The van der Waals surface area contributed by atoms with Crippen LogP contribution in [0.15, 0.2) is 42.5 Å². The summed E-state index contributed by atoms with van der Waals surface area (Å²) in [6.45, 7) is 4.95. The van der Waals surface area contributed by atoms with E-state index in [0.717, 1.165) is 16.5 Å². The topological polar surface area (TPSA) is 41.5 Å². The average molecular weight is 258 g/mol. The molecule has 0 amide bonds. The van der Waals surface area contributed by atoms with Crippen LogP contribution >= 0.6 is 0 Å². The van der Waals surface area contributed by atoms with Crippen molar-refractivity contribution in [1.29, 1.82) is 0 Å². The van der Waals surface area contributed by atoms with Crippen molar-refractivity contribution in [3.05, 3.63) is 42.5 Å². The third-order valence-corrected chi connectivity index (χ3v) is 2.94. The van der Waals surface area contributed by atoms with Gasteiger partial charge < -0.3 is 15.2 Å². The Morgan fingerprint density at radius 3 is 2.63 bits per heavy atom. The summed E-state index contributed by atoms with van der Waals surface area (Å²) in [6.07, 6.45) is -0.499. The number of fused-ring (bicyclic) bond motifs is 1. The fourth-order valence-corrected chi connectivity index (χ4v) is 1.94. The highest BCUT2D eigenvalue weighted by Crippen LogP contribution is 2.25. The molecular formula is C16H21NO2. The van der Waals surface area contributed by atoms with Crippen molar-refractivity contribution in [2.24, 2.45) is 0 Å². The fraction of sp³-hybridized carbons (Fsp3) is 0.375. The van der Waals surface area contributed by atoms with Crippen LogP contribution in [-0.2, 0) is 0 Å². The maximum Gasteiger partial charge on any atom is 0.127 e. The number of ether oxygens (including phenoxy) is 1. The number of hydrogen-bond donors (Lipinski definition) is 2. The van der Waals surface area contributed by atoms with E-state index in [4.69, 9.17) is 4.74 Å². The largest absolute Gasteiger partial charge is 0.490 e. The quantitative estimate of drug-likeness (QED) is 0.836. The minimum atomic E-state index is -0.499. The molecule has 0 saturated heterocycles. The molecular weight excluding hydrogens is 237 g/mol. The predicted molar refractivity (Wildman–Crippen MR) is 78.6 cm³/mol. The molecule has 2 aromatic rings. The number of benzene rings is 2. The molecule has 2 rings (SSSR count). The number of nitrogens with one attached hydrogen (secondary N) is 1. The van der Waals surface area contributed by atoms with Gasteiger partial charge in [0, 0.05) is 18.0 Å². The molecule has 19 heavy (non-hydrogen) atoms. The van der Waals surface area contributed by atoms with E-state index in [1.54, 1.807) is 0 Å². The Kier molecular flexibility index (Phi) is 4.77. The lowest BCUT2D eigenvalue weighted by molar-refractivity contribution is 0.105. The Morgan fingerprint density at radius 2 is 1.84 bits per heavy atom. The van der Waals surface area contributed by atoms with Crippen molar-refractivity contribution in [2.45, 2.75) is 26.0 Å². The summed E-state index contributed by atoms with van der Waals surface area (Å²) in [4.78, 5) is 0. The van der Waals surface area contributed by atoms with Gasteiger partial charge in [-0.05, 0) is 11.5 Å². The lowest BCUT2D eigenvalue weighted by atomic mass is 9.82. The predicted octanol–water partition coefficient (Wildman–Crippen LogP) is 2.58. The number of aliphatic hydroxyl groups excluding tert-OH is 1. The number of rotatable bonds is 6. The van der Waals surface area contributed by atoms with Crippen molar-refractivity contribution in [3.63, 3.8) is 0 Å². The van der Waals surface area contributed by atoms with Crippen LogP contribution < -0.4 is 10.1 Å². The summed E-state index contributed by atoms with van der Waals surface area (Å²) in [5, 5.41) is 15.3. The molecule has 0 radical (unpaired) electrons. The first-order valence-electron chi connectivity index (χ1n) is 6.69. The molecule has 0 fully saturated rings. The van der Waals surface area contributed by atoms with E-state index in [2.05, 4.69) is 31.3 Å². The van der Waals surface area contributed by atoms with Crippen molar-refractivity contribution in [2.75, 3.05) is 13.2 Å². The summed E-state index contributed by atoms with van der Waals surface area (Å²) in [6, 6.07) is 14.4. The zero-order valence-corrected chi connectivity index (χ0v) is 11.5. The molecule has 0 saturated carbocycles. The maximum absolute atomic E-state index is 9.84. The second-order valence-electron chi connectivity index (χ2n) is 5.01. The Hall–Kier alpha value is -1.58.